The van der Waals surface area contributed by atoms with Gasteiger partial charge < -0.3 is 59.1 Å². The molecule has 12 aliphatic carbocycles. The lowest BCUT2D eigenvalue weighted by atomic mass is 9.57. The molecule has 24 heteroatoms. The molecule has 0 saturated carbocycles. The Kier molecular flexibility index (Phi) is 24.9. The van der Waals surface area contributed by atoms with Crippen molar-refractivity contribution in [3.8, 4) is 34.5 Å². The van der Waals surface area contributed by atoms with Crippen molar-refractivity contribution in [2.75, 3.05) is 42.7 Å². The minimum absolute atomic E-state index is 0.119. The van der Waals surface area contributed by atoms with Crippen LogP contribution in [0.2, 0.25) is 0 Å². The van der Waals surface area contributed by atoms with E-state index in [1.165, 1.54) is 0 Å². The standard InChI is InChI=1S/6C19H20O4/c6*1-10-8-11-12(9-13(10)23-5)19(4)7-6-14(20)18(2,3)17(19)16(22)15(11)21/h6*6-9,22H,1-5H3/t4*19-;;/m1100../s1. The van der Waals surface area contributed by atoms with E-state index in [1.54, 1.807) is 235 Å². The molecule has 0 radical (unpaired) electrons. The van der Waals surface area contributed by atoms with Crippen LogP contribution in [-0.2, 0) is 61.3 Å². The van der Waals surface area contributed by atoms with Gasteiger partial charge in [-0.25, -0.2) is 0 Å². The molecule has 6 aromatic carbocycles. The molecule has 0 aromatic heterocycles. The number of hydrogen-bond acceptors (Lipinski definition) is 24. The van der Waals surface area contributed by atoms with Crippen LogP contribution in [0.15, 0.2) is 214 Å². The predicted molar refractivity (Wildman–Crippen MR) is 522 cm³/mol. The van der Waals surface area contributed by atoms with Crippen LogP contribution in [0.3, 0.4) is 0 Å². The molecule has 0 bridgehead atoms. The van der Waals surface area contributed by atoms with Gasteiger partial charge in [-0.1, -0.05) is 36.5 Å². The lowest BCUT2D eigenvalue weighted by Crippen LogP contribution is -2.45. The van der Waals surface area contributed by atoms with Crippen molar-refractivity contribution in [3.05, 3.63) is 314 Å². The predicted octanol–water partition coefficient (Wildman–Crippen LogP) is 20.6. The number of Topliss-reactive ketones (excluding diaryl/α,β-unsaturated/α-hetero) is 6. The van der Waals surface area contributed by atoms with Crippen LogP contribution >= 0.6 is 0 Å². The fourth-order valence-corrected chi connectivity index (χ4v) is 23.0. The zero-order valence-corrected chi connectivity index (χ0v) is 83.9. The van der Waals surface area contributed by atoms with Gasteiger partial charge in [-0.15, -0.1) is 0 Å². The number of allylic oxidation sites excluding steroid dienone is 24. The third kappa shape index (κ3) is 14.9. The molecule has 0 aliphatic heterocycles. The normalized spacial score (nSPS) is 25.3. The average Bonchev–Trinajstić information content (AvgIpc) is 0.731. The molecule has 18 rings (SSSR count). The summed E-state index contributed by atoms with van der Waals surface area (Å²) in [7, 11) is 9.50. The third-order valence-electron chi connectivity index (χ3n) is 30.7. The highest BCUT2D eigenvalue weighted by Crippen LogP contribution is 2.61. The van der Waals surface area contributed by atoms with Crippen LogP contribution in [0.4, 0.5) is 0 Å². The highest BCUT2D eigenvalue weighted by atomic mass is 16.5. The van der Waals surface area contributed by atoms with Gasteiger partial charge in [-0.3, -0.25) is 57.5 Å². The number of carbonyl (C=O) groups is 12. The van der Waals surface area contributed by atoms with Crippen molar-refractivity contribution < 1.29 is 117 Å². The van der Waals surface area contributed by atoms with Crippen LogP contribution in [0.5, 0.6) is 34.5 Å². The Morgan fingerprint density at radius 1 is 0.188 bits per heavy atom. The maximum atomic E-state index is 12.7. The van der Waals surface area contributed by atoms with Gasteiger partial charge in [-0.05, 0) is 342 Å². The molecular weight excluding hydrogens is 1750 g/mol. The van der Waals surface area contributed by atoms with E-state index < -0.39 is 99.7 Å². The number of aliphatic hydroxyl groups excluding tert-OH is 6. The Morgan fingerprint density at radius 3 is 0.399 bits per heavy atom. The second-order valence-corrected chi connectivity index (χ2v) is 41.7. The summed E-state index contributed by atoms with van der Waals surface area (Å²) in [5.41, 5.74) is 5.15. The fourth-order valence-electron chi connectivity index (χ4n) is 23.0. The van der Waals surface area contributed by atoms with Crippen LogP contribution in [0.1, 0.15) is 254 Å². The third-order valence-corrected chi connectivity index (χ3v) is 30.7. The number of methoxy groups -OCH3 is 6. The van der Waals surface area contributed by atoms with E-state index in [-0.39, 0.29) is 69.3 Å². The van der Waals surface area contributed by atoms with Crippen molar-refractivity contribution in [3.63, 3.8) is 0 Å². The summed E-state index contributed by atoms with van der Waals surface area (Å²) in [4.78, 5) is 150. The van der Waals surface area contributed by atoms with E-state index in [0.717, 1.165) is 66.8 Å². The zero-order chi connectivity index (χ0) is 103. The number of ketones is 12. The van der Waals surface area contributed by atoms with Gasteiger partial charge in [0.05, 0.1) is 75.1 Å². The van der Waals surface area contributed by atoms with E-state index in [9.17, 15) is 88.2 Å². The second kappa shape index (κ2) is 33.9. The number of hydrogen-bond donors (Lipinski definition) is 6. The molecule has 138 heavy (non-hydrogen) atoms. The minimum atomic E-state index is -0.931. The molecule has 12 aliphatic rings. The van der Waals surface area contributed by atoms with Crippen LogP contribution in [-0.4, -0.2) is 143 Å². The Balaban J connectivity index is 0.000000140. The first-order valence-corrected chi connectivity index (χ1v) is 45.4. The molecule has 24 nitrogen and oxygen atoms in total. The number of benzene rings is 6. The Bertz CT molecular complexity index is 5930. The number of fused-ring (bicyclic) bond motifs is 18. The summed E-state index contributed by atoms with van der Waals surface area (Å²) in [6.07, 6.45) is 19.9. The summed E-state index contributed by atoms with van der Waals surface area (Å²) in [6, 6.07) is 21.5. The fraction of sp³-hybridized carbons (Fsp3) is 0.368. The molecule has 720 valence electrons. The molecule has 0 amide bonds. The van der Waals surface area contributed by atoms with Crippen LogP contribution in [0.25, 0.3) is 0 Å². The van der Waals surface area contributed by atoms with Gasteiger partial charge in [0.15, 0.2) is 69.3 Å². The Hall–Kier alpha value is -14.2. The number of carbonyl (C=O) groups excluding carboxylic acids is 12. The summed E-state index contributed by atoms with van der Waals surface area (Å²) in [5.74, 6) is -1.11. The van der Waals surface area contributed by atoms with Crippen molar-refractivity contribution in [2.24, 2.45) is 32.5 Å². The number of aliphatic hydroxyl groups is 6. The molecule has 0 heterocycles. The van der Waals surface area contributed by atoms with Crippen LogP contribution in [0, 0.1) is 74.0 Å². The highest BCUT2D eigenvalue weighted by Gasteiger charge is 2.59. The molecule has 0 spiro atoms. The quantitative estimate of drug-likeness (QED) is 0.0902. The lowest BCUT2D eigenvalue weighted by molar-refractivity contribution is -0.122. The van der Waals surface area contributed by atoms with E-state index in [4.69, 9.17) is 28.4 Å². The summed E-state index contributed by atoms with van der Waals surface area (Å²) < 4.78 is 32.3. The Labute approximate surface area is 803 Å². The number of aryl methyl sites for hydroxylation is 6. The molecule has 6 atom stereocenters. The highest BCUT2D eigenvalue weighted by molar-refractivity contribution is 6.19. The Morgan fingerprint density at radius 2 is 0.297 bits per heavy atom. The molecule has 2 unspecified atom stereocenters. The maximum Gasteiger partial charge on any atom is 0.227 e. The second-order valence-electron chi connectivity index (χ2n) is 41.7. The molecule has 6 N–H and O–H groups in total. The van der Waals surface area contributed by atoms with Crippen molar-refractivity contribution >= 4 is 69.4 Å². The summed E-state index contributed by atoms with van der Waals surface area (Å²) >= 11 is 0. The summed E-state index contributed by atoms with van der Waals surface area (Å²) in [6.45, 7) is 43.6. The van der Waals surface area contributed by atoms with Gasteiger partial charge in [0, 0.05) is 99.3 Å². The summed E-state index contributed by atoms with van der Waals surface area (Å²) in [5, 5.41) is 63.4. The molecule has 0 saturated heterocycles. The van der Waals surface area contributed by atoms with Gasteiger partial charge in [0.1, 0.15) is 34.5 Å². The number of rotatable bonds is 6. The molecule has 6 aromatic rings. The van der Waals surface area contributed by atoms with E-state index in [0.29, 0.717) is 101 Å². The average molecular weight is 1870 g/mol. The van der Waals surface area contributed by atoms with Gasteiger partial charge in [0.25, 0.3) is 0 Å². The minimum Gasteiger partial charge on any atom is -0.504 e. The van der Waals surface area contributed by atoms with E-state index in [1.807, 2.05) is 119 Å². The van der Waals surface area contributed by atoms with Gasteiger partial charge in [0.2, 0.25) is 34.7 Å². The van der Waals surface area contributed by atoms with Crippen molar-refractivity contribution in [1.82, 2.24) is 0 Å². The maximum absolute atomic E-state index is 12.7. The molecular formula is C114H120O24. The van der Waals surface area contributed by atoms with Crippen LogP contribution < -0.4 is 28.4 Å². The monoisotopic (exact) mass is 1870 g/mol. The van der Waals surface area contributed by atoms with Crippen molar-refractivity contribution in [1.29, 1.82) is 0 Å². The topological polar surface area (TPSA) is 382 Å². The van der Waals surface area contributed by atoms with Gasteiger partial charge in [-0.2, -0.15) is 0 Å². The first-order chi connectivity index (χ1) is 63.8. The smallest absolute Gasteiger partial charge is 0.227 e. The first kappa shape index (κ1) is 101. The number of ether oxygens (including phenoxy) is 6. The lowest BCUT2D eigenvalue weighted by Gasteiger charge is -2.44. The SMILES string of the molecule is COc1cc2c(cc1C)C(=O)C(O)=C1C(C)(C)C(=O)C=CC12C.COc1cc2c(cc1C)C(=O)C(O)=C1C(C)(C)C(=O)C=CC12C.COc1cc2c(cc1C)C(=O)C(O)=C1C(C)(C)C(=O)C=C[C@@]12C.COc1cc2c(cc1C)C(=O)C(O)=C1C(C)(C)C(=O)C=C[C@@]12C.COc1cc2c(cc1C)C(=O)C(O)=C1C(C)(C)C(=O)C=C[C@]12C.COc1cc2c(cc1C)C(=O)C(O)=C1C(C)(C)C(=O)C=C[C@]12C. The largest absolute Gasteiger partial charge is 0.504 e. The molecule has 0 fully saturated rings. The van der Waals surface area contributed by atoms with E-state index in [2.05, 4.69) is 0 Å². The van der Waals surface area contributed by atoms with Crippen molar-refractivity contribution in [2.45, 2.75) is 199 Å². The zero-order valence-electron chi connectivity index (χ0n) is 83.9. The van der Waals surface area contributed by atoms with Gasteiger partial charge >= 0.3 is 0 Å². The van der Waals surface area contributed by atoms with E-state index >= 15 is 0 Å². The first-order valence-electron chi connectivity index (χ1n) is 45.4.